The van der Waals surface area contributed by atoms with Gasteiger partial charge in [0.05, 0.1) is 25.9 Å². The van der Waals surface area contributed by atoms with Gasteiger partial charge in [-0.05, 0) is 75.8 Å². The lowest BCUT2D eigenvalue weighted by atomic mass is 10.00. The van der Waals surface area contributed by atoms with Crippen LogP contribution in [0.5, 0.6) is 5.75 Å². The third-order valence-corrected chi connectivity index (χ3v) is 10.2. The highest BCUT2D eigenvalue weighted by molar-refractivity contribution is 14.1. The van der Waals surface area contributed by atoms with Gasteiger partial charge in [0, 0.05) is 5.92 Å². The Morgan fingerprint density at radius 3 is 2.15 bits per heavy atom. The van der Waals surface area contributed by atoms with Gasteiger partial charge in [-0.1, -0.05) is 45.9 Å². The molecule has 154 valence electrons. The molecular weight excluding hydrogens is 467 g/mol. The third-order valence-electron chi connectivity index (χ3n) is 5.38. The maximum atomic E-state index is 6.80. The second-order valence-electron chi connectivity index (χ2n) is 8.82. The van der Waals surface area contributed by atoms with Gasteiger partial charge in [0.2, 0.25) is 0 Å². The van der Waals surface area contributed by atoms with Crippen molar-refractivity contribution in [1.82, 2.24) is 0 Å². The fraction of sp³-hybridized carbons (Fsp3) is 0.636. The fourth-order valence-electron chi connectivity index (χ4n) is 2.65. The largest absolute Gasteiger partial charge is 0.497 e. The molecule has 3 atom stereocenters. The van der Waals surface area contributed by atoms with Gasteiger partial charge < -0.3 is 13.9 Å². The van der Waals surface area contributed by atoms with Crippen molar-refractivity contribution in [2.45, 2.75) is 78.5 Å². The van der Waals surface area contributed by atoms with Crippen LogP contribution in [0.2, 0.25) is 18.1 Å². The van der Waals surface area contributed by atoms with Crippen molar-refractivity contribution in [3.8, 4) is 5.75 Å². The molecule has 0 heterocycles. The Morgan fingerprint density at radius 1 is 1.15 bits per heavy atom. The highest BCUT2D eigenvalue weighted by Crippen LogP contribution is 2.39. The topological polar surface area (TPSA) is 27.7 Å². The monoisotopic (exact) mass is 504 g/mol. The molecular formula is C22H37IO3Si. The summed E-state index contributed by atoms with van der Waals surface area (Å²) in [5.74, 6) is 1.16. The zero-order valence-electron chi connectivity index (χ0n) is 18.4. The first kappa shape index (κ1) is 24.7. The zero-order valence-corrected chi connectivity index (χ0v) is 21.6. The van der Waals surface area contributed by atoms with Crippen LogP contribution >= 0.6 is 22.6 Å². The van der Waals surface area contributed by atoms with Crippen LogP contribution in [0, 0.1) is 5.92 Å². The number of halogens is 1. The molecule has 1 aromatic carbocycles. The molecule has 0 aliphatic heterocycles. The third kappa shape index (κ3) is 7.87. The molecule has 5 heteroatoms. The van der Waals surface area contributed by atoms with Gasteiger partial charge in [0.1, 0.15) is 5.75 Å². The Balaban J connectivity index is 2.91. The molecule has 0 bridgehead atoms. The Kier molecular flexibility index (Phi) is 9.52. The summed E-state index contributed by atoms with van der Waals surface area (Å²) in [6, 6.07) is 8.04. The maximum absolute atomic E-state index is 6.80. The summed E-state index contributed by atoms with van der Waals surface area (Å²) in [5.41, 5.74) is 1.14. The fourth-order valence-corrected chi connectivity index (χ4v) is 4.66. The summed E-state index contributed by atoms with van der Waals surface area (Å²) < 4.78 is 19.6. The lowest BCUT2D eigenvalue weighted by Crippen LogP contribution is -2.49. The SMILES string of the molecule is COc1ccc(CO[C@@H](C)[C@@H](O[Si](C)(C)C(C)(C)C)[C@H](C)/C=C(/C)I)cc1. The van der Waals surface area contributed by atoms with E-state index in [1.807, 2.05) is 24.3 Å². The maximum Gasteiger partial charge on any atom is 0.192 e. The van der Waals surface area contributed by atoms with Crippen molar-refractivity contribution in [3.05, 3.63) is 39.5 Å². The number of allylic oxidation sites excluding steroid dienone is 1. The molecule has 0 aromatic heterocycles. The Labute approximate surface area is 181 Å². The van der Waals surface area contributed by atoms with Crippen molar-refractivity contribution < 1.29 is 13.9 Å². The van der Waals surface area contributed by atoms with E-state index in [1.165, 1.54) is 3.58 Å². The van der Waals surface area contributed by atoms with Gasteiger partial charge >= 0.3 is 0 Å². The minimum absolute atomic E-state index is 0.00299. The quantitative estimate of drug-likeness (QED) is 0.269. The van der Waals surface area contributed by atoms with Crippen molar-refractivity contribution >= 4 is 30.9 Å². The van der Waals surface area contributed by atoms with E-state index >= 15 is 0 Å². The molecule has 0 aliphatic carbocycles. The van der Waals surface area contributed by atoms with Gasteiger partial charge in [-0.2, -0.15) is 0 Å². The van der Waals surface area contributed by atoms with Gasteiger partial charge in [-0.3, -0.25) is 0 Å². The minimum atomic E-state index is -1.89. The highest BCUT2D eigenvalue weighted by atomic mass is 127. The summed E-state index contributed by atoms with van der Waals surface area (Å²) in [4.78, 5) is 0. The van der Waals surface area contributed by atoms with Crippen LogP contribution in [0.4, 0.5) is 0 Å². The summed E-state index contributed by atoms with van der Waals surface area (Å²) in [7, 11) is -0.213. The van der Waals surface area contributed by atoms with Gasteiger partial charge in [-0.25, -0.2) is 0 Å². The predicted molar refractivity (Wildman–Crippen MR) is 126 cm³/mol. The van der Waals surface area contributed by atoms with E-state index in [2.05, 4.69) is 83.3 Å². The summed E-state index contributed by atoms with van der Waals surface area (Å²) in [6.45, 7) is 18.5. The van der Waals surface area contributed by atoms with E-state index in [1.54, 1.807) is 7.11 Å². The van der Waals surface area contributed by atoms with Crippen molar-refractivity contribution in [1.29, 1.82) is 0 Å². The molecule has 0 spiro atoms. The molecule has 1 rings (SSSR count). The highest BCUT2D eigenvalue weighted by Gasteiger charge is 2.41. The zero-order chi connectivity index (χ0) is 20.8. The number of rotatable bonds is 9. The molecule has 0 radical (unpaired) electrons. The van der Waals surface area contributed by atoms with Crippen LogP contribution in [0.15, 0.2) is 33.9 Å². The molecule has 0 aliphatic rings. The first-order valence-corrected chi connectivity index (χ1v) is 13.6. The van der Waals surface area contributed by atoms with E-state index in [9.17, 15) is 0 Å². The molecule has 0 amide bonds. The van der Waals surface area contributed by atoms with Crippen molar-refractivity contribution in [2.24, 2.45) is 5.92 Å². The number of ether oxygens (including phenoxy) is 2. The number of hydrogen-bond donors (Lipinski definition) is 0. The van der Waals surface area contributed by atoms with E-state index < -0.39 is 8.32 Å². The summed E-state index contributed by atoms with van der Waals surface area (Å²) in [6.07, 6.45) is 2.32. The molecule has 3 nitrogen and oxygen atoms in total. The number of methoxy groups -OCH3 is 1. The first-order chi connectivity index (χ1) is 12.4. The van der Waals surface area contributed by atoms with Gasteiger partial charge in [0.25, 0.3) is 0 Å². The average molecular weight is 505 g/mol. The summed E-state index contributed by atoms with van der Waals surface area (Å²) in [5, 5.41) is 0.170. The van der Waals surface area contributed by atoms with Crippen LogP contribution in [-0.2, 0) is 15.8 Å². The Hall–Kier alpha value is -0.373. The average Bonchev–Trinajstić information content (AvgIpc) is 2.56. The van der Waals surface area contributed by atoms with Crippen molar-refractivity contribution in [2.75, 3.05) is 7.11 Å². The van der Waals surface area contributed by atoms with Gasteiger partial charge in [-0.15, -0.1) is 0 Å². The predicted octanol–water partition coefficient (Wildman–Crippen LogP) is 6.97. The van der Waals surface area contributed by atoms with Crippen LogP contribution in [0.1, 0.15) is 47.1 Å². The van der Waals surface area contributed by atoms with E-state index in [0.717, 1.165) is 11.3 Å². The Morgan fingerprint density at radius 2 is 1.70 bits per heavy atom. The molecule has 0 N–H and O–H groups in total. The standard InChI is InChI=1S/C22H37IO3Si/c1-16(14-17(2)23)21(26-27(8,9)22(4,5)6)18(3)25-15-19-10-12-20(24-7)13-11-19/h10-14,16,18,21H,15H2,1-9H3/b17-14-/t16-,18+,21+/m1/s1. The first-order valence-electron chi connectivity index (χ1n) is 9.63. The van der Waals surface area contributed by atoms with E-state index in [4.69, 9.17) is 13.9 Å². The van der Waals surface area contributed by atoms with Crippen LogP contribution in [0.3, 0.4) is 0 Å². The smallest absolute Gasteiger partial charge is 0.192 e. The lowest BCUT2D eigenvalue weighted by Gasteiger charge is -2.42. The van der Waals surface area contributed by atoms with E-state index in [0.29, 0.717) is 12.5 Å². The summed E-state index contributed by atoms with van der Waals surface area (Å²) >= 11 is 2.37. The Bertz CT molecular complexity index is 601. The molecule has 0 saturated heterocycles. The molecule has 0 saturated carbocycles. The van der Waals surface area contributed by atoms with Crippen LogP contribution in [0.25, 0.3) is 0 Å². The van der Waals surface area contributed by atoms with Gasteiger partial charge in [0.15, 0.2) is 8.32 Å². The van der Waals surface area contributed by atoms with E-state index in [-0.39, 0.29) is 17.2 Å². The second-order valence-corrected chi connectivity index (χ2v) is 15.3. The lowest BCUT2D eigenvalue weighted by molar-refractivity contribution is -0.0425. The second kappa shape index (κ2) is 10.4. The molecule has 0 fully saturated rings. The molecule has 27 heavy (non-hydrogen) atoms. The van der Waals surface area contributed by atoms with Crippen molar-refractivity contribution in [3.63, 3.8) is 0 Å². The molecule has 1 aromatic rings. The number of hydrogen-bond acceptors (Lipinski definition) is 3. The number of benzene rings is 1. The minimum Gasteiger partial charge on any atom is -0.497 e. The van der Waals surface area contributed by atoms with Crippen LogP contribution in [-0.4, -0.2) is 27.6 Å². The normalized spacial score (nSPS) is 16.7. The van der Waals surface area contributed by atoms with Crippen LogP contribution < -0.4 is 4.74 Å². The molecule has 0 unspecified atom stereocenters.